The Morgan fingerprint density at radius 3 is 1.51 bits per heavy atom. The van der Waals surface area contributed by atoms with Gasteiger partial charge in [-0.05, 0) is 36.6 Å². The van der Waals surface area contributed by atoms with Crippen LogP contribution in [0.25, 0.3) is 0 Å². The Morgan fingerprint density at radius 2 is 0.974 bits per heavy atom. The van der Waals surface area contributed by atoms with E-state index >= 15 is 0 Å². The lowest BCUT2D eigenvalue weighted by Gasteiger charge is -2.22. The Labute approximate surface area is 235 Å². The molecule has 0 saturated heterocycles. The summed E-state index contributed by atoms with van der Waals surface area (Å²) in [6.45, 7) is 2.56. The van der Waals surface area contributed by atoms with E-state index < -0.39 is 12.2 Å². The second-order valence-corrected chi connectivity index (χ2v) is 10.7. The number of aliphatic hydroxyl groups is 2. The third kappa shape index (κ3) is 12.1. The minimum atomic E-state index is -0.816. The zero-order valence-corrected chi connectivity index (χ0v) is 24.0. The quantitative estimate of drug-likeness (QED) is 0.245. The third-order valence-electron chi connectivity index (χ3n) is 7.17. The van der Waals surface area contributed by atoms with Crippen molar-refractivity contribution in [2.75, 3.05) is 26.4 Å². The normalized spacial score (nSPS) is 17.9. The fraction of sp³-hybridized carbons (Fsp3) is 0.636. The van der Waals surface area contributed by atoms with Gasteiger partial charge in [-0.3, -0.25) is 0 Å². The van der Waals surface area contributed by atoms with Gasteiger partial charge >= 0.3 is 0 Å². The molecule has 0 amide bonds. The monoisotopic (exact) mass is 542 g/mol. The summed E-state index contributed by atoms with van der Waals surface area (Å²) in [6, 6.07) is 13.1. The van der Waals surface area contributed by atoms with Gasteiger partial charge in [0, 0.05) is 0 Å². The van der Waals surface area contributed by atoms with E-state index in [4.69, 9.17) is 18.9 Å². The first-order valence-electron chi connectivity index (χ1n) is 15.3. The van der Waals surface area contributed by atoms with E-state index in [-0.39, 0.29) is 26.4 Å². The van der Waals surface area contributed by atoms with Gasteiger partial charge in [0.15, 0.2) is 23.0 Å². The molecule has 218 valence electrons. The molecule has 1 aliphatic rings. The Bertz CT molecular complexity index is 917. The number of aryl methyl sites for hydroxylation is 1. The van der Waals surface area contributed by atoms with Crippen LogP contribution in [0.5, 0.6) is 23.0 Å². The van der Waals surface area contributed by atoms with E-state index in [2.05, 4.69) is 13.0 Å². The van der Waals surface area contributed by atoms with Gasteiger partial charge in [-0.2, -0.15) is 0 Å². The van der Waals surface area contributed by atoms with Gasteiger partial charge in [-0.25, -0.2) is 0 Å². The average molecular weight is 543 g/mol. The van der Waals surface area contributed by atoms with Gasteiger partial charge in [-0.15, -0.1) is 0 Å². The van der Waals surface area contributed by atoms with Crippen LogP contribution in [0.3, 0.4) is 0 Å². The van der Waals surface area contributed by atoms with E-state index in [1.807, 2.05) is 24.3 Å². The van der Waals surface area contributed by atoms with Gasteiger partial charge in [0.25, 0.3) is 0 Å². The highest BCUT2D eigenvalue weighted by Gasteiger charge is 2.18. The van der Waals surface area contributed by atoms with E-state index in [1.54, 1.807) is 12.1 Å². The van der Waals surface area contributed by atoms with Crippen LogP contribution in [0, 0.1) is 0 Å². The Balaban J connectivity index is 1.44. The number of unbranched alkanes of at least 4 members (excludes halogenated alkanes) is 12. The third-order valence-corrected chi connectivity index (χ3v) is 7.17. The maximum absolute atomic E-state index is 10.5. The second kappa shape index (κ2) is 18.8. The maximum atomic E-state index is 10.5. The fourth-order valence-corrected chi connectivity index (χ4v) is 4.89. The van der Waals surface area contributed by atoms with E-state index in [1.165, 1.54) is 77.0 Å². The first-order chi connectivity index (χ1) is 19.2. The summed E-state index contributed by atoms with van der Waals surface area (Å²) in [5.41, 5.74) is 1.06. The highest BCUT2D eigenvalue weighted by molar-refractivity contribution is 5.47. The van der Waals surface area contributed by atoms with E-state index in [0.29, 0.717) is 23.0 Å². The van der Waals surface area contributed by atoms with Crippen LogP contribution in [0.1, 0.15) is 96.0 Å². The summed E-state index contributed by atoms with van der Waals surface area (Å²) < 4.78 is 23.6. The first kappa shape index (κ1) is 31.1. The molecule has 0 aliphatic carbocycles. The number of ether oxygens (including phenoxy) is 4. The zero-order chi connectivity index (χ0) is 27.5. The largest absolute Gasteiger partial charge is 0.487 e. The lowest BCUT2D eigenvalue weighted by Crippen LogP contribution is -2.28. The first-order valence-corrected chi connectivity index (χ1v) is 15.3. The molecule has 1 aliphatic heterocycles. The van der Waals surface area contributed by atoms with Crippen molar-refractivity contribution < 1.29 is 29.2 Å². The molecular formula is C33H50O6. The molecule has 0 bridgehead atoms. The summed E-state index contributed by atoms with van der Waals surface area (Å²) >= 11 is 0. The van der Waals surface area contributed by atoms with Crippen LogP contribution in [0.2, 0.25) is 0 Å². The lowest BCUT2D eigenvalue weighted by molar-refractivity contribution is 0.0442. The molecule has 2 aromatic carbocycles. The SMILES string of the molecule is CCCCCCCCCCCCCCCc1cccc2c1OCC(O)COc1ccccc1OCC(O)CO2. The predicted octanol–water partition coefficient (Wildman–Crippen LogP) is 7.27. The van der Waals surface area contributed by atoms with E-state index in [9.17, 15) is 10.2 Å². The van der Waals surface area contributed by atoms with Gasteiger partial charge in [0.1, 0.15) is 38.6 Å². The number of rotatable bonds is 14. The second-order valence-electron chi connectivity index (χ2n) is 10.7. The minimum Gasteiger partial charge on any atom is -0.487 e. The number of fused-ring (bicyclic) bond motifs is 2. The van der Waals surface area contributed by atoms with Crippen LogP contribution in [-0.4, -0.2) is 48.8 Å². The number of hydrogen-bond acceptors (Lipinski definition) is 6. The van der Waals surface area contributed by atoms with Crippen LogP contribution in [-0.2, 0) is 6.42 Å². The molecule has 6 heteroatoms. The number of para-hydroxylation sites is 3. The van der Waals surface area contributed by atoms with Crippen LogP contribution in [0.4, 0.5) is 0 Å². The standard InChI is InChI=1S/C33H50O6/c1-2-3-4-5-6-7-8-9-10-11-12-13-14-18-27-19-17-22-32-33(27)39-26-29(35)24-37-31-21-16-15-20-30(31)36-23-28(34)25-38-32/h15-17,19-22,28-29,34-35H,2-14,18,23-26H2,1H3. The van der Waals surface area contributed by atoms with Crippen molar-refractivity contribution in [3.05, 3.63) is 48.0 Å². The van der Waals surface area contributed by atoms with Crippen molar-refractivity contribution in [1.29, 1.82) is 0 Å². The molecule has 39 heavy (non-hydrogen) atoms. The Kier molecular flexibility index (Phi) is 15.0. The molecule has 0 spiro atoms. The van der Waals surface area contributed by atoms with Crippen molar-refractivity contribution in [2.45, 2.75) is 109 Å². The summed E-state index contributed by atoms with van der Waals surface area (Å²) in [5, 5.41) is 21.0. The maximum Gasteiger partial charge on any atom is 0.164 e. The smallest absolute Gasteiger partial charge is 0.164 e. The van der Waals surface area contributed by atoms with Crippen molar-refractivity contribution in [2.24, 2.45) is 0 Å². The molecule has 6 nitrogen and oxygen atoms in total. The summed E-state index contributed by atoms with van der Waals surface area (Å²) in [5.74, 6) is 2.25. The Morgan fingerprint density at radius 1 is 0.538 bits per heavy atom. The van der Waals surface area contributed by atoms with Gasteiger partial charge in [-0.1, -0.05) is 108 Å². The molecule has 2 N–H and O–H groups in total. The van der Waals surface area contributed by atoms with Crippen molar-refractivity contribution in [3.63, 3.8) is 0 Å². The molecule has 2 atom stereocenters. The molecule has 3 rings (SSSR count). The minimum absolute atomic E-state index is 0.0672. The van der Waals surface area contributed by atoms with Gasteiger partial charge in [0.2, 0.25) is 0 Å². The molecule has 1 heterocycles. The lowest BCUT2D eigenvalue weighted by atomic mass is 10.0. The van der Waals surface area contributed by atoms with Crippen molar-refractivity contribution in [3.8, 4) is 23.0 Å². The topological polar surface area (TPSA) is 77.4 Å². The van der Waals surface area contributed by atoms with Crippen molar-refractivity contribution >= 4 is 0 Å². The summed E-state index contributed by atoms with van der Waals surface area (Å²) in [6.07, 6.45) is 16.5. The zero-order valence-electron chi connectivity index (χ0n) is 24.0. The fourth-order valence-electron chi connectivity index (χ4n) is 4.89. The molecule has 2 unspecified atom stereocenters. The molecule has 2 aromatic rings. The van der Waals surface area contributed by atoms with Crippen molar-refractivity contribution in [1.82, 2.24) is 0 Å². The Hall–Kier alpha value is -2.44. The highest BCUT2D eigenvalue weighted by Crippen LogP contribution is 2.33. The molecular weight excluding hydrogens is 492 g/mol. The molecule has 0 fully saturated rings. The summed E-state index contributed by atoms with van der Waals surface area (Å²) in [7, 11) is 0. The average Bonchev–Trinajstić information content (AvgIpc) is 2.95. The predicted molar refractivity (Wildman–Crippen MR) is 156 cm³/mol. The van der Waals surface area contributed by atoms with Crippen LogP contribution >= 0.6 is 0 Å². The highest BCUT2D eigenvalue weighted by atomic mass is 16.6. The van der Waals surface area contributed by atoms with Crippen LogP contribution < -0.4 is 18.9 Å². The van der Waals surface area contributed by atoms with Crippen LogP contribution in [0.15, 0.2) is 42.5 Å². The van der Waals surface area contributed by atoms with Gasteiger partial charge in [0.05, 0.1) is 0 Å². The molecule has 0 saturated carbocycles. The van der Waals surface area contributed by atoms with Gasteiger partial charge < -0.3 is 29.2 Å². The molecule has 0 radical (unpaired) electrons. The number of benzene rings is 2. The number of hydrogen-bond donors (Lipinski definition) is 2. The van der Waals surface area contributed by atoms with E-state index in [0.717, 1.165) is 18.4 Å². The summed E-state index contributed by atoms with van der Waals surface area (Å²) in [4.78, 5) is 0. The number of aliphatic hydroxyl groups excluding tert-OH is 2. The molecule has 0 aromatic heterocycles.